The van der Waals surface area contributed by atoms with Gasteiger partial charge in [-0.25, -0.2) is 0 Å². The van der Waals surface area contributed by atoms with E-state index in [1.54, 1.807) is 49.6 Å². The molecule has 0 unspecified atom stereocenters. The quantitative estimate of drug-likeness (QED) is 0.390. The van der Waals surface area contributed by atoms with Crippen molar-refractivity contribution in [3.05, 3.63) is 100 Å². The van der Waals surface area contributed by atoms with Gasteiger partial charge in [-0.2, -0.15) is 5.01 Å². The summed E-state index contributed by atoms with van der Waals surface area (Å²) in [7, 11) is 1.56. The number of rotatable bonds is 7. The van der Waals surface area contributed by atoms with E-state index < -0.39 is 11.8 Å². The first kappa shape index (κ1) is 22.6. The standard InChI is InChI=1S/C25H20N2O4S2/c1-30-21-14-18(12-13-20(21)31-16-17-8-4-2-5-9-17)15-22-24(29)27(25(32)33-22)26-23(28)19-10-6-3-7-11-19/h2-15H,16H2,1H3,(H,26,28)/b22-15-. The molecule has 4 rings (SSSR count). The Labute approximate surface area is 201 Å². The number of nitrogens with one attached hydrogen (secondary N) is 1. The number of thioether (sulfide) groups is 1. The molecule has 166 valence electrons. The van der Waals surface area contributed by atoms with Gasteiger partial charge in [0.05, 0.1) is 12.0 Å². The molecule has 0 aliphatic carbocycles. The van der Waals surface area contributed by atoms with E-state index in [4.69, 9.17) is 21.7 Å². The Morgan fingerprint density at radius 3 is 2.42 bits per heavy atom. The van der Waals surface area contributed by atoms with E-state index >= 15 is 0 Å². The van der Waals surface area contributed by atoms with Crippen molar-refractivity contribution in [3.63, 3.8) is 0 Å². The van der Waals surface area contributed by atoms with E-state index in [0.717, 1.165) is 27.9 Å². The Bertz CT molecular complexity index is 1210. The van der Waals surface area contributed by atoms with Gasteiger partial charge in [-0.05, 0) is 53.7 Å². The minimum absolute atomic E-state index is 0.255. The number of nitrogens with zero attached hydrogens (tertiary/aromatic N) is 1. The third kappa shape index (κ3) is 5.42. The third-order valence-corrected chi connectivity index (χ3v) is 6.07. The predicted molar refractivity (Wildman–Crippen MR) is 133 cm³/mol. The summed E-state index contributed by atoms with van der Waals surface area (Å²) in [5, 5.41) is 1.09. The Morgan fingerprint density at radius 2 is 1.73 bits per heavy atom. The molecule has 1 aliphatic heterocycles. The molecule has 0 radical (unpaired) electrons. The molecule has 2 amide bonds. The third-order valence-electron chi connectivity index (χ3n) is 4.77. The number of benzene rings is 3. The average molecular weight is 477 g/mol. The van der Waals surface area contributed by atoms with Crippen LogP contribution in [0.25, 0.3) is 6.08 Å². The number of hydrogen-bond donors (Lipinski definition) is 1. The summed E-state index contributed by atoms with van der Waals surface area (Å²) in [6.45, 7) is 0.413. The van der Waals surface area contributed by atoms with Crippen LogP contribution in [0, 0.1) is 0 Å². The number of hydrogen-bond acceptors (Lipinski definition) is 6. The summed E-state index contributed by atoms with van der Waals surface area (Å²) in [6.07, 6.45) is 1.71. The molecule has 8 heteroatoms. The number of amides is 2. The Morgan fingerprint density at radius 1 is 1.03 bits per heavy atom. The largest absolute Gasteiger partial charge is 0.493 e. The van der Waals surface area contributed by atoms with E-state index in [2.05, 4.69) is 5.43 Å². The highest BCUT2D eigenvalue weighted by Gasteiger charge is 2.33. The van der Waals surface area contributed by atoms with Crippen molar-refractivity contribution in [1.82, 2.24) is 10.4 Å². The number of methoxy groups -OCH3 is 1. The number of carbonyl (C=O) groups excluding carboxylic acids is 2. The number of ether oxygens (including phenoxy) is 2. The smallest absolute Gasteiger partial charge is 0.285 e. The molecular formula is C25H20N2O4S2. The molecule has 0 bridgehead atoms. The van der Waals surface area contributed by atoms with Crippen LogP contribution in [-0.2, 0) is 11.4 Å². The van der Waals surface area contributed by atoms with Crippen molar-refractivity contribution in [2.75, 3.05) is 7.11 Å². The Kier molecular flexibility index (Phi) is 7.07. The average Bonchev–Trinajstić information content (AvgIpc) is 3.11. The van der Waals surface area contributed by atoms with Crippen molar-refractivity contribution in [2.45, 2.75) is 6.61 Å². The molecule has 3 aromatic carbocycles. The zero-order chi connectivity index (χ0) is 23.2. The molecule has 1 aliphatic rings. The lowest BCUT2D eigenvalue weighted by Crippen LogP contribution is -2.44. The Hall–Kier alpha value is -3.62. The van der Waals surface area contributed by atoms with Gasteiger partial charge in [0.1, 0.15) is 6.61 Å². The fraction of sp³-hybridized carbons (Fsp3) is 0.0800. The van der Waals surface area contributed by atoms with Crippen LogP contribution in [0.5, 0.6) is 11.5 Å². The first-order valence-corrected chi connectivity index (χ1v) is 11.3. The molecule has 0 aromatic heterocycles. The van der Waals surface area contributed by atoms with E-state index in [9.17, 15) is 9.59 Å². The molecule has 1 N–H and O–H groups in total. The summed E-state index contributed by atoms with van der Waals surface area (Å²) in [5.74, 6) is 0.348. The van der Waals surface area contributed by atoms with Gasteiger partial charge < -0.3 is 9.47 Å². The van der Waals surface area contributed by atoms with Gasteiger partial charge in [0.2, 0.25) is 0 Å². The minimum atomic E-state index is -0.408. The lowest BCUT2D eigenvalue weighted by Gasteiger charge is -2.15. The topological polar surface area (TPSA) is 67.9 Å². The lowest BCUT2D eigenvalue weighted by atomic mass is 10.2. The van der Waals surface area contributed by atoms with Gasteiger partial charge in [0.25, 0.3) is 11.8 Å². The normalized spacial score (nSPS) is 14.5. The highest BCUT2D eigenvalue weighted by atomic mass is 32.2. The monoisotopic (exact) mass is 476 g/mol. The molecule has 1 saturated heterocycles. The van der Waals surface area contributed by atoms with Crippen LogP contribution < -0.4 is 14.9 Å². The molecule has 33 heavy (non-hydrogen) atoms. The fourth-order valence-electron chi connectivity index (χ4n) is 3.10. The highest BCUT2D eigenvalue weighted by molar-refractivity contribution is 8.26. The summed E-state index contributed by atoms with van der Waals surface area (Å²) >= 11 is 6.42. The molecule has 0 spiro atoms. The molecule has 1 heterocycles. The van der Waals surface area contributed by atoms with Crippen LogP contribution in [0.1, 0.15) is 21.5 Å². The molecular weight excluding hydrogens is 456 g/mol. The molecule has 1 fully saturated rings. The van der Waals surface area contributed by atoms with Crippen molar-refractivity contribution in [1.29, 1.82) is 0 Å². The maximum Gasteiger partial charge on any atom is 0.285 e. The van der Waals surface area contributed by atoms with Crippen molar-refractivity contribution >= 4 is 46.2 Å². The van der Waals surface area contributed by atoms with Crippen LogP contribution in [-0.4, -0.2) is 28.3 Å². The van der Waals surface area contributed by atoms with Gasteiger partial charge in [0.15, 0.2) is 15.8 Å². The maximum atomic E-state index is 12.8. The van der Waals surface area contributed by atoms with Crippen LogP contribution in [0.15, 0.2) is 83.8 Å². The van der Waals surface area contributed by atoms with Gasteiger partial charge in [0, 0.05) is 5.56 Å². The van der Waals surface area contributed by atoms with Crippen molar-refractivity contribution in [3.8, 4) is 11.5 Å². The zero-order valence-corrected chi connectivity index (χ0v) is 19.3. The highest BCUT2D eigenvalue weighted by Crippen LogP contribution is 2.34. The van der Waals surface area contributed by atoms with E-state index in [1.807, 2.05) is 42.5 Å². The van der Waals surface area contributed by atoms with Gasteiger partial charge in [-0.15, -0.1) is 0 Å². The molecule has 3 aromatic rings. The van der Waals surface area contributed by atoms with E-state index in [-0.39, 0.29) is 4.32 Å². The molecule has 6 nitrogen and oxygen atoms in total. The lowest BCUT2D eigenvalue weighted by molar-refractivity contribution is -0.123. The van der Waals surface area contributed by atoms with Gasteiger partial charge in [-0.1, -0.05) is 66.4 Å². The van der Waals surface area contributed by atoms with Crippen LogP contribution in [0.2, 0.25) is 0 Å². The summed E-state index contributed by atoms with van der Waals surface area (Å²) in [6, 6.07) is 23.9. The molecule has 0 saturated carbocycles. The summed E-state index contributed by atoms with van der Waals surface area (Å²) in [5.41, 5.74) is 4.80. The fourth-order valence-corrected chi connectivity index (χ4v) is 4.28. The van der Waals surface area contributed by atoms with Gasteiger partial charge >= 0.3 is 0 Å². The maximum absolute atomic E-state index is 12.8. The first-order valence-electron chi connectivity index (χ1n) is 10.0. The van der Waals surface area contributed by atoms with Crippen molar-refractivity contribution in [2.24, 2.45) is 0 Å². The minimum Gasteiger partial charge on any atom is -0.493 e. The second kappa shape index (κ2) is 10.3. The predicted octanol–water partition coefficient (Wildman–Crippen LogP) is 4.82. The first-order chi connectivity index (χ1) is 16.0. The summed E-state index contributed by atoms with van der Waals surface area (Å²) < 4.78 is 11.6. The number of hydrazine groups is 1. The molecule has 0 atom stereocenters. The van der Waals surface area contributed by atoms with E-state index in [0.29, 0.717) is 28.6 Å². The van der Waals surface area contributed by atoms with Crippen LogP contribution >= 0.6 is 24.0 Å². The Balaban J connectivity index is 1.47. The zero-order valence-electron chi connectivity index (χ0n) is 17.7. The second-order valence-corrected chi connectivity index (χ2v) is 8.68. The number of thiocarbonyl (C=S) groups is 1. The van der Waals surface area contributed by atoms with Gasteiger partial charge in [-0.3, -0.25) is 15.0 Å². The van der Waals surface area contributed by atoms with Crippen LogP contribution in [0.3, 0.4) is 0 Å². The van der Waals surface area contributed by atoms with Crippen LogP contribution in [0.4, 0.5) is 0 Å². The van der Waals surface area contributed by atoms with E-state index in [1.165, 1.54) is 0 Å². The second-order valence-electron chi connectivity index (χ2n) is 7.01. The van der Waals surface area contributed by atoms with Crippen molar-refractivity contribution < 1.29 is 19.1 Å². The SMILES string of the molecule is COc1cc(/C=C2\SC(=S)N(NC(=O)c3ccccc3)C2=O)ccc1OCc1ccccc1. The summed E-state index contributed by atoms with van der Waals surface area (Å²) in [4.78, 5) is 25.7. The number of carbonyl (C=O) groups is 2.